The van der Waals surface area contributed by atoms with Crippen LogP contribution >= 0.6 is 0 Å². The number of hydrogen-bond donors (Lipinski definition) is 2. The molecule has 4 rings (SSSR count). The van der Waals surface area contributed by atoms with E-state index in [9.17, 15) is 9.59 Å². The first kappa shape index (κ1) is 18.9. The molecule has 1 aromatic carbocycles. The molecule has 0 unspecified atom stereocenters. The number of nitrogens with zero attached hydrogens (tertiary/aromatic N) is 3. The van der Waals surface area contributed by atoms with E-state index >= 15 is 0 Å². The number of pyridine rings is 1. The maximum atomic E-state index is 12.7. The summed E-state index contributed by atoms with van der Waals surface area (Å²) < 4.78 is 0. The van der Waals surface area contributed by atoms with Gasteiger partial charge in [0.1, 0.15) is 0 Å². The molecule has 0 radical (unpaired) electrons. The molecule has 2 aromatic heterocycles. The van der Waals surface area contributed by atoms with Gasteiger partial charge in [-0.05, 0) is 42.7 Å². The van der Waals surface area contributed by atoms with Gasteiger partial charge >= 0.3 is 0 Å². The van der Waals surface area contributed by atoms with Crippen LogP contribution in [-0.4, -0.2) is 27.4 Å². The lowest BCUT2D eigenvalue weighted by molar-refractivity contribution is -0.117. The molecule has 7 nitrogen and oxygen atoms in total. The molecule has 0 spiro atoms. The molecule has 1 amide bonds. The number of rotatable bonds is 5. The Labute approximate surface area is 168 Å². The summed E-state index contributed by atoms with van der Waals surface area (Å²) in [6.45, 7) is 5.08. The summed E-state index contributed by atoms with van der Waals surface area (Å²) in [5.41, 5.74) is 4.55. The van der Waals surface area contributed by atoms with E-state index < -0.39 is 0 Å². The summed E-state index contributed by atoms with van der Waals surface area (Å²) >= 11 is 0. The van der Waals surface area contributed by atoms with Crippen molar-refractivity contribution in [2.45, 2.75) is 32.7 Å². The summed E-state index contributed by atoms with van der Waals surface area (Å²) in [5.74, 6) is 0.327. The average molecular weight is 389 g/mol. The minimum absolute atomic E-state index is 0.0515. The number of hydrogen-bond acceptors (Lipinski definition) is 5. The van der Waals surface area contributed by atoms with Gasteiger partial charge in [-0.25, -0.2) is 4.98 Å². The van der Waals surface area contributed by atoms with Crippen LogP contribution in [0.25, 0.3) is 0 Å². The average Bonchev–Trinajstić information content (AvgIpc) is 3.10. The zero-order chi connectivity index (χ0) is 20.4. The zero-order valence-electron chi connectivity index (χ0n) is 16.5. The number of anilines is 2. The fourth-order valence-corrected chi connectivity index (χ4v) is 3.62. The van der Waals surface area contributed by atoms with Gasteiger partial charge in [-0.3, -0.25) is 19.6 Å². The van der Waals surface area contributed by atoms with Crippen LogP contribution in [-0.2, 0) is 11.3 Å². The molecule has 2 N–H and O–H groups in total. The predicted octanol–water partition coefficient (Wildman–Crippen LogP) is 2.91. The van der Waals surface area contributed by atoms with Crippen LogP contribution in [0.15, 0.2) is 53.6 Å². The van der Waals surface area contributed by atoms with E-state index in [2.05, 4.69) is 20.3 Å². The van der Waals surface area contributed by atoms with E-state index in [1.165, 1.54) is 6.07 Å². The van der Waals surface area contributed by atoms with Gasteiger partial charge in [0.25, 0.3) is 5.56 Å². The third kappa shape index (κ3) is 4.03. The Bertz CT molecular complexity index is 1090. The van der Waals surface area contributed by atoms with Crippen LogP contribution in [0.3, 0.4) is 0 Å². The Morgan fingerprint density at radius 3 is 2.86 bits per heavy atom. The van der Waals surface area contributed by atoms with Crippen LogP contribution in [0, 0.1) is 13.8 Å². The van der Waals surface area contributed by atoms with Gasteiger partial charge < -0.3 is 10.2 Å². The van der Waals surface area contributed by atoms with Crippen LogP contribution in [0.1, 0.15) is 34.7 Å². The molecule has 3 heterocycles. The molecular weight excluding hydrogens is 366 g/mol. The van der Waals surface area contributed by atoms with Gasteiger partial charge in [0.2, 0.25) is 11.9 Å². The van der Waals surface area contributed by atoms with Crippen molar-refractivity contribution in [3.8, 4) is 0 Å². The minimum atomic E-state index is -0.235. The monoisotopic (exact) mass is 389 g/mol. The van der Waals surface area contributed by atoms with E-state index in [0.29, 0.717) is 31.2 Å². The predicted molar refractivity (Wildman–Crippen MR) is 112 cm³/mol. The molecule has 0 bridgehead atoms. The first-order valence-electron chi connectivity index (χ1n) is 9.62. The van der Waals surface area contributed by atoms with Crippen molar-refractivity contribution in [2.75, 3.05) is 16.8 Å². The lowest BCUT2D eigenvalue weighted by Gasteiger charge is -2.20. The van der Waals surface area contributed by atoms with Crippen molar-refractivity contribution in [2.24, 2.45) is 0 Å². The number of aryl methyl sites for hydroxylation is 1. The quantitative estimate of drug-likeness (QED) is 0.700. The van der Waals surface area contributed by atoms with Crippen LogP contribution in [0.5, 0.6) is 0 Å². The molecule has 1 saturated heterocycles. The summed E-state index contributed by atoms with van der Waals surface area (Å²) in [6, 6.07) is 11.3. The summed E-state index contributed by atoms with van der Waals surface area (Å²) in [6.07, 6.45) is 3.81. The Morgan fingerprint density at radius 2 is 2.07 bits per heavy atom. The highest BCUT2D eigenvalue weighted by molar-refractivity contribution is 5.97. The first-order chi connectivity index (χ1) is 14.0. The largest absolute Gasteiger partial charge is 0.352 e. The van der Waals surface area contributed by atoms with Crippen molar-refractivity contribution in [3.63, 3.8) is 0 Å². The SMILES string of the molecule is Cc1cccc(N2C[C@@H](c3cc(=O)[nH]c(NCc4cccnc4)n3)CC2=O)c1C. The van der Waals surface area contributed by atoms with Crippen LogP contribution < -0.4 is 15.8 Å². The lowest BCUT2D eigenvalue weighted by Crippen LogP contribution is -2.25. The fraction of sp³-hybridized carbons (Fsp3) is 0.273. The third-order valence-electron chi connectivity index (χ3n) is 5.35. The molecule has 3 aromatic rings. The van der Waals surface area contributed by atoms with Gasteiger partial charge in [-0.1, -0.05) is 18.2 Å². The van der Waals surface area contributed by atoms with E-state index in [1.807, 2.05) is 44.2 Å². The van der Waals surface area contributed by atoms with Gasteiger partial charge in [-0.2, -0.15) is 0 Å². The zero-order valence-corrected chi connectivity index (χ0v) is 16.5. The number of carbonyl (C=O) groups excluding carboxylic acids is 1. The van der Waals surface area contributed by atoms with Crippen molar-refractivity contribution in [1.82, 2.24) is 15.0 Å². The Balaban J connectivity index is 1.54. The van der Waals surface area contributed by atoms with Gasteiger partial charge in [0.15, 0.2) is 0 Å². The molecule has 1 aliphatic heterocycles. The molecule has 1 fully saturated rings. The summed E-state index contributed by atoms with van der Waals surface area (Å²) in [5, 5.41) is 3.13. The van der Waals surface area contributed by atoms with E-state index in [-0.39, 0.29) is 17.4 Å². The molecule has 0 saturated carbocycles. The van der Waals surface area contributed by atoms with E-state index in [1.54, 1.807) is 17.3 Å². The van der Waals surface area contributed by atoms with Crippen LogP contribution in [0.2, 0.25) is 0 Å². The van der Waals surface area contributed by atoms with Crippen LogP contribution in [0.4, 0.5) is 11.6 Å². The normalized spacial score (nSPS) is 16.3. The molecule has 1 aliphatic rings. The number of H-pyrrole nitrogens is 1. The van der Waals surface area contributed by atoms with Gasteiger partial charge in [-0.15, -0.1) is 0 Å². The van der Waals surface area contributed by atoms with E-state index in [4.69, 9.17) is 0 Å². The number of carbonyl (C=O) groups is 1. The Morgan fingerprint density at radius 1 is 1.21 bits per heavy atom. The number of benzene rings is 1. The minimum Gasteiger partial charge on any atom is -0.352 e. The third-order valence-corrected chi connectivity index (χ3v) is 5.35. The lowest BCUT2D eigenvalue weighted by atomic mass is 10.0. The Hall–Kier alpha value is -3.48. The molecule has 1 atom stereocenters. The van der Waals surface area contributed by atoms with Crippen molar-refractivity contribution < 1.29 is 4.79 Å². The standard InChI is InChI=1S/C22H23N5O2/c1-14-5-3-7-19(15(14)2)27-13-17(9-21(27)29)18-10-20(28)26-22(25-18)24-12-16-6-4-8-23-11-16/h3-8,10-11,17H,9,12-13H2,1-2H3,(H2,24,25,26,28)/t17-/m0/s1. The topological polar surface area (TPSA) is 91.0 Å². The van der Waals surface area contributed by atoms with Gasteiger partial charge in [0, 0.05) is 49.6 Å². The number of aromatic amines is 1. The maximum absolute atomic E-state index is 12.7. The number of nitrogens with one attached hydrogen (secondary N) is 2. The second-order valence-electron chi connectivity index (χ2n) is 7.36. The van der Waals surface area contributed by atoms with Crippen molar-refractivity contribution in [1.29, 1.82) is 0 Å². The maximum Gasteiger partial charge on any atom is 0.252 e. The molecule has 0 aliphatic carbocycles. The number of amides is 1. The smallest absolute Gasteiger partial charge is 0.252 e. The van der Waals surface area contributed by atoms with Crippen molar-refractivity contribution >= 4 is 17.5 Å². The first-order valence-corrected chi connectivity index (χ1v) is 9.62. The fourth-order valence-electron chi connectivity index (χ4n) is 3.62. The highest BCUT2D eigenvalue weighted by Gasteiger charge is 2.33. The molecule has 29 heavy (non-hydrogen) atoms. The molecule has 148 valence electrons. The summed E-state index contributed by atoms with van der Waals surface area (Å²) in [7, 11) is 0. The van der Waals surface area contributed by atoms with E-state index in [0.717, 1.165) is 22.4 Å². The van der Waals surface area contributed by atoms with Gasteiger partial charge in [0.05, 0.1) is 5.69 Å². The second kappa shape index (κ2) is 7.87. The highest BCUT2D eigenvalue weighted by atomic mass is 16.2. The molecule has 7 heteroatoms. The second-order valence-corrected chi connectivity index (χ2v) is 7.36. The highest BCUT2D eigenvalue weighted by Crippen LogP contribution is 2.33. The Kier molecular flexibility index (Phi) is 5.12. The molecular formula is C22H23N5O2. The summed E-state index contributed by atoms with van der Waals surface area (Å²) in [4.78, 5) is 38.0. The number of aromatic nitrogens is 3. The van der Waals surface area contributed by atoms with Crippen molar-refractivity contribution in [3.05, 3.63) is 81.5 Å².